The van der Waals surface area contributed by atoms with Crippen LogP contribution in [-0.2, 0) is 27.7 Å². The van der Waals surface area contributed by atoms with Crippen molar-refractivity contribution < 1.29 is 19.4 Å². The van der Waals surface area contributed by atoms with Gasteiger partial charge in [0, 0.05) is 18.6 Å². The van der Waals surface area contributed by atoms with Gasteiger partial charge in [0.25, 0.3) is 11.6 Å². The molecule has 0 aromatic heterocycles. The summed E-state index contributed by atoms with van der Waals surface area (Å²) in [7, 11) is 0. The lowest BCUT2D eigenvalue weighted by atomic mass is 10.0. The average Bonchev–Trinajstić information content (AvgIpc) is 3.14. The zero-order chi connectivity index (χ0) is 22.3. The Labute approximate surface area is 184 Å². The first kappa shape index (κ1) is 21.2. The fourth-order valence-corrected chi connectivity index (χ4v) is 3.40. The number of oxime groups is 1. The van der Waals surface area contributed by atoms with E-state index in [2.05, 4.69) is 5.16 Å². The van der Waals surface area contributed by atoms with Crippen molar-refractivity contribution in [2.45, 2.75) is 25.7 Å². The van der Waals surface area contributed by atoms with E-state index in [1.54, 1.807) is 12.1 Å². The zero-order valence-corrected chi connectivity index (χ0v) is 17.2. The molecule has 4 rings (SSSR count). The number of non-ortho nitro benzene ring substituents is 1. The van der Waals surface area contributed by atoms with E-state index in [1.165, 1.54) is 17.2 Å². The number of hydrogen-bond acceptors (Lipinski definition) is 6. The summed E-state index contributed by atoms with van der Waals surface area (Å²) in [5, 5.41) is 16.3. The number of nitro benzene ring substituents is 1. The van der Waals surface area contributed by atoms with Gasteiger partial charge < -0.3 is 4.84 Å². The highest BCUT2D eigenvalue weighted by Crippen LogP contribution is 2.33. The quantitative estimate of drug-likeness (QED) is 0.385. The number of amides is 1. The monoisotopic (exact) mass is 431 g/mol. The predicted octanol–water partition coefficient (Wildman–Crippen LogP) is 4.57. The molecule has 0 N–H and O–H groups in total. The molecule has 1 aliphatic heterocycles. The summed E-state index contributed by atoms with van der Waals surface area (Å²) in [4.78, 5) is 34.8. The summed E-state index contributed by atoms with van der Waals surface area (Å²) in [6.07, 6.45) is 0.264. The van der Waals surface area contributed by atoms with Crippen molar-refractivity contribution in [3.8, 4) is 0 Å². The maximum absolute atomic E-state index is 13.0. The van der Waals surface area contributed by atoms with Crippen LogP contribution in [0.5, 0.6) is 0 Å². The number of carbonyl (C=O) groups excluding carboxylic acids is 1. The van der Waals surface area contributed by atoms with Crippen LogP contribution in [0.2, 0.25) is 0 Å². The Morgan fingerprint density at radius 2 is 1.50 bits per heavy atom. The van der Waals surface area contributed by atoms with Crippen molar-refractivity contribution >= 4 is 17.3 Å². The Kier molecular flexibility index (Phi) is 6.52. The predicted molar refractivity (Wildman–Crippen MR) is 117 cm³/mol. The molecule has 0 radical (unpaired) electrons. The number of benzene rings is 3. The molecule has 0 saturated carbocycles. The molecule has 1 amide bonds. The third-order valence-corrected chi connectivity index (χ3v) is 5.07. The Bertz CT molecular complexity index is 1100. The van der Waals surface area contributed by atoms with Gasteiger partial charge in [0.15, 0.2) is 0 Å². The lowest BCUT2D eigenvalue weighted by Gasteiger charge is -2.23. The summed E-state index contributed by atoms with van der Waals surface area (Å²) >= 11 is 0. The van der Waals surface area contributed by atoms with Gasteiger partial charge in [-0.2, -0.15) is 0 Å². The molecule has 1 saturated heterocycles. The van der Waals surface area contributed by atoms with Gasteiger partial charge in [0.05, 0.1) is 11.0 Å². The van der Waals surface area contributed by atoms with Crippen molar-refractivity contribution in [1.29, 1.82) is 0 Å². The summed E-state index contributed by atoms with van der Waals surface area (Å²) in [5.74, 6) is -0.391. The Morgan fingerprint density at radius 1 is 0.906 bits per heavy atom. The maximum atomic E-state index is 13.0. The third-order valence-electron chi connectivity index (χ3n) is 5.07. The van der Waals surface area contributed by atoms with E-state index >= 15 is 0 Å². The molecule has 3 aromatic rings. The van der Waals surface area contributed by atoms with E-state index in [1.807, 2.05) is 60.7 Å². The SMILES string of the molecule is O=C1/C(=N\OCc2ccccc2)CC(c2ccc([N+](=O)[O-])cc2)N1OCc1ccccc1. The molecular weight excluding hydrogens is 410 g/mol. The van der Waals surface area contributed by atoms with Gasteiger partial charge in [-0.15, -0.1) is 0 Å². The lowest BCUT2D eigenvalue weighted by Crippen LogP contribution is -2.30. The molecule has 0 bridgehead atoms. The highest BCUT2D eigenvalue weighted by molar-refractivity contribution is 6.40. The second kappa shape index (κ2) is 9.84. The number of rotatable bonds is 8. The van der Waals surface area contributed by atoms with E-state index in [-0.39, 0.29) is 31.0 Å². The minimum Gasteiger partial charge on any atom is -0.391 e. The molecule has 162 valence electrons. The summed E-state index contributed by atoms with van der Waals surface area (Å²) < 4.78 is 0. The Balaban J connectivity index is 1.52. The van der Waals surface area contributed by atoms with Crippen molar-refractivity contribution in [2.75, 3.05) is 0 Å². The van der Waals surface area contributed by atoms with E-state index < -0.39 is 16.9 Å². The Hall–Kier alpha value is -4.04. The van der Waals surface area contributed by atoms with E-state index in [0.29, 0.717) is 5.56 Å². The van der Waals surface area contributed by atoms with Crippen LogP contribution < -0.4 is 0 Å². The molecule has 1 heterocycles. The van der Waals surface area contributed by atoms with Crippen LogP contribution in [0.15, 0.2) is 90.1 Å². The van der Waals surface area contributed by atoms with E-state index in [4.69, 9.17) is 9.68 Å². The van der Waals surface area contributed by atoms with E-state index in [9.17, 15) is 14.9 Å². The fraction of sp³-hybridized carbons (Fsp3) is 0.167. The molecule has 1 aliphatic rings. The molecular formula is C24H21N3O5. The molecule has 1 atom stereocenters. The molecule has 3 aromatic carbocycles. The normalized spacial score (nSPS) is 17.0. The first-order valence-electron chi connectivity index (χ1n) is 10.1. The van der Waals surface area contributed by atoms with Crippen LogP contribution in [0.3, 0.4) is 0 Å². The van der Waals surface area contributed by atoms with E-state index in [0.717, 1.165) is 11.1 Å². The molecule has 1 unspecified atom stereocenters. The van der Waals surface area contributed by atoms with Crippen LogP contribution >= 0.6 is 0 Å². The second-order valence-electron chi connectivity index (χ2n) is 7.26. The first-order chi connectivity index (χ1) is 15.6. The minimum atomic E-state index is -0.467. The molecule has 0 spiro atoms. The number of hydrogen-bond donors (Lipinski definition) is 0. The van der Waals surface area contributed by atoms with Crippen LogP contribution in [0.1, 0.15) is 29.2 Å². The average molecular weight is 431 g/mol. The van der Waals surface area contributed by atoms with Crippen LogP contribution in [0.4, 0.5) is 5.69 Å². The first-order valence-corrected chi connectivity index (χ1v) is 10.1. The van der Waals surface area contributed by atoms with Gasteiger partial charge in [0.1, 0.15) is 18.9 Å². The van der Waals surface area contributed by atoms with Crippen LogP contribution in [0.25, 0.3) is 0 Å². The second-order valence-corrected chi connectivity index (χ2v) is 7.26. The topological polar surface area (TPSA) is 94.3 Å². The van der Waals surface area contributed by atoms with Gasteiger partial charge in [-0.05, 0) is 16.7 Å². The van der Waals surface area contributed by atoms with Crippen molar-refractivity contribution in [1.82, 2.24) is 5.06 Å². The van der Waals surface area contributed by atoms with Crippen molar-refractivity contribution in [2.24, 2.45) is 5.16 Å². The molecule has 8 nitrogen and oxygen atoms in total. The van der Waals surface area contributed by atoms with Crippen molar-refractivity contribution in [3.63, 3.8) is 0 Å². The maximum Gasteiger partial charge on any atom is 0.295 e. The third kappa shape index (κ3) is 4.98. The largest absolute Gasteiger partial charge is 0.391 e. The summed E-state index contributed by atoms with van der Waals surface area (Å²) in [6, 6.07) is 24.6. The summed E-state index contributed by atoms with van der Waals surface area (Å²) in [6.45, 7) is 0.443. The number of hydroxylamine groups is 2. The summed E-state index contributed by atoms with van der Waals surface area (Å²) in [5.41, 5.74) is 2.78. The zero-order valence-electron chi connectivity index (χ0n) is 17.2. The molecule has 1 fully saturated rings. The Morgan fingerprint density at radius 3 is 2.09 bits per heavy atom. The standard InChI is InChI=1S/C24H21N3O5/c28-24-22(25-31-16-18-7-3-1-4-8-18)15-23(20-11-13-21(14-12-20)27(29)30)26(24)32-17-19-9-5-2-6-10-19/h1-14,23H,15-17H2/b25-22-. The molecule has 8 heteroatoms. The number of nitro groups is 1. The highest BCUT2D eigenvalue weighted by atomic mass is 16.7. The highest BCUT2D eigenvalue weighted by Gasteiger charge is 2.39. The lowest BCUT2D eigenvalue weighted by molar-refractivity contribution is -0.384. The minimum absolute atomic E-state index is 0.0186. The molecule has 32 heavy (non-hydrogen) atoms. The van der Waals surface area contributed by atoms with Crippen molar-refractivity contribution in [3.05, 3.63) is 112 Å². The van der Waals surface area contributed by atoms with Gasteiger partial charge in [-0.1, -0.05) is 78.0 Å². The van der Waals surface area contributed by atoms with Gasteiger partial charge >= 0.3 is 0 Å². The fourth-order valence-electron chi connectivity index (χ4n) is 3.40. The van der Waals surface area contributed by atoms with Crippen LogP contribution in [-0.4, -0.2) is 21.6 Å². The van der Waals surface area contributed by atoms with Gasteiger partial charge in [-0.3, -0.25) is 19.7 Å². The number of nitrogens with zero attached hydrogens (tertiary/aromatic N) is 3. The number of carbonyl (C=O) groups is 1. The van der Waals surface area contributed by atoms with Gasteiger partial charge in [0.2, 0.25) is 0 Å². The van der Waals surface area contributed by atoms with Crippen LogP contribution in [0, 0.1) is 10.1 Å². The van der Waals surface area contributed by atoms with Gasteiger partial charge in [-0.25, -0.2) is 5.06 Å². The smallest absolute Gasteiger partial charge is 0.295 e. The molecule has 0 aliphatic carbocycles.